The summed E-state index contributed by atoms with van der Waals surface area (Å²) in [5, 5.41) is 8.05. The van der Waals surface area contributed by atoms with E-state index in [1.165, 1.54) is 0 Å². The number of carbonyl (C=O) groups excluding carboxylic acids is 2. The van der Waals surface area contributed by atoms with Gasteiger partial charge in [-0.1, -0.05) is 46.3 Å². The van der Waals surface area contributed by atoms with Gasteiger partial charge in [-0.25, -0.2) is 4.79 Å². The molecule has 24 heavy (non-hydrogen) atoms. The first-order valence-electron chi connectivity index (χ1n) is 7.66. The molecule has 2 aromatic rings. The van der Waals surface area contributed by atoms with Gasteiger partial charge in [0.05, 0.1) is 6.54 Å². The second kappa shape index (κ2) is 9.08. The molecule has 2 aromatic carbocycles. The van der Waals surface area contributed by atoms with Gasteiger partial charge in [0.15, 0.2) is 0 Å². The van der Waals surface area contributed by atoms with Gasteiger partial charge in [0.2, 0.25) is 5.91 Å². The van der Waals surface area contributed by atoms with Crippen LogP contribution in [0.5, 0.6) is 0 Å². The number of nitrogens with one attached hydrogen (secondary N) is 3. The van der Waals surface area contributed by atoms with E-state index in [2.05, 4.69) is 31.9 Å². The third-order valence-electron chi connectivity index (χ3n) is 3.41. The largest absolute Gasteiger partial charge is 0.338 e. The Labute approximate surface area is 150 Å². The summed E-state index contributed by atoms with van der Waals surface area (Å²) >= 11 is 3.38. The fourth-order valence-corrected chi connectivity index (χ4v) is 2.63. The van der Waals surface area contributed by atoms with Gasteiger partial charge in [-0.2, -0.15) is 0 Å². The minimum absolute atomic E-state index is 0.0767. The highest BCUT2D eigenvalue weighted by atomic mass is 79.9. The number of benzene rings is 2. The molecule has 0 aromatic heterocycles. The lowest BCUT2D eigenvalue weighted by atomic mass is 10.1. The van der Waals surface area contributed by atoms with Gasteiger partial charge >= 0.3 is 6.03 Å². The van der Waals surface area contributed by atoms with Crippen molar-refractivity contribution >= 4 is 33.6 Å². The maximum Gasteiger partial charge on any atom is 0.315 e. The fourth-order valence-electron chi connectivity index (χ4n) is 2.15. The quantitative estimate of drug-likeness (QED) is 0.709. The molecule has 126 valence electrons. The molecule has 0 unspecified atom stereocenters. The van der Waals surface area contributed by atoms with E-state index < -0.39 is 0 Å². The Morgan fingerprint density at radius 1 is 1.04 bits per heavy atom. The monoisotopic (exact) mass is 389 g/mol. The summed E-state index contributed by atoms with van der Waals surface area (Å²) in [6.07, 6.45) is 0.749. The van der Waals surface area contributed by atoms with Gasteiger partial charge in [-0.3, -0.25) is 4.79 Å². The Hall–Kier alpha value is -2.34. The van der Waals surface area contributed by atoms with Crippen LogP contribution in [0.25, 0.3) is 0 Å². The van der Waals surface area contributed by atoms with E-state index in [4.69, 9.17) is 0 Å². The van der Waals surface area contributed by atoms with Gasteiger partial charge in [0.1, 0.15) is 0 Å². The van der Waals surface area contributed by atoms with Crippen molar-refractivity contribution in [3.05, 3.63) is 64.1 Å². The molecule has 0 atom stereocenters. The van der Waals surface area contributed by atoms with Crippen LogP contribution in [0.2, 0.25) is 0 Å². The van der Waals surface area contributed by atoms with E-state index in [9.17, 15) is 9.59 Å². The number of halogens is 1. The number of urea groups is 1. The molecule has 0 saturated carbocycles. The molecule has 5 nitrogen and oxygen atoms in total. The summed E-state index contributed by atoms with van der Waals surface area (Å²) < 4.78 is 0.953. The Balaban J connectivity index is 1.68. The maximum atomic E-state index is 11.9. The summed E-state index contributed by atoms with van der Waals surface area (Å²) in [6, 6.07) is 15.1. The zero-order valence-corrected chi connectivity index (χ0v) is 15.0. The fraction of sp³-hybridized carbons (Fsp3) is 0.222. The highest BCUT2D eigenvalue weighted by Gasteiger charge is 2.07. The van der Waals surface area contributed by atoms with Crippen LogP contribution in [0.4, 0.5) is 10.5 Å². The zero-order chi connectivity index (χ0) is 17.4. The molecule has 2 rings (SSSR count). The highest BCUT2D eigenvalue weighted by molar-refractivity contribution is 9.10. The first-order chi connectivity index (χ1) is 11.5. The number of hydrogen-bond donors (Lipinski definition) is 3. The topological polar surface area (TPSA) is 70.2 Å². The summed E-state index contributed by atoms with van der Waals surface area (Å²) in [4.78, 5) is 23.6. The van der Waals surface area contributed by atoms with Crippen molar-refractivity contribution in [1.29, 1.82) is 0 Å². The van der Waals surface area contributed by atoms with Gasteiger partial charge < -0.3 is 16.0 Å². The van der Waals surface area contributed by atoms with Crippen molar-refractivity contribution in [1.82, 2.24) is 10.6 Å². The summed E-state index contributed by atoms with van der Waals surface area (Å²) in [5.74, 6) is -0.265. The van der Waals surface area contributed by atoms with Crippen molar-refractivity contribution < 1.29 is 9.59 Å². The molecule has 6 heteroatoms. The predicted molar refractivity (Wildman–Crippen MR) is 99.1 cm³/mol. The highest BCUT2D eigenvalue weighted by Crippen LogP contribution is 2.19. The Morgan fingerprint density at radius 3 is 2.50 bits per heavy atom. The van der Waals surface area contributed by atoms with Gasteiger partial charge in [0.25, 0.3) is 0 Å². The van der Waals surface area contributed by atoms with Crippen LogP contribution in [0.15, 0.2) is 53.0 Å². The molecule has 3 N–H and O–H groups in total. The Morgan fingerprint density at radius 2 is 1.79 bits per heavy atom. The van der Waals surface area contributed by atoms with E-state index in [0.29, 0.717) is 6.54 Å². The zero-order valence-electron chi connectivity index (χ0n) is 13.4. The summed E-state index contributed by atoms with van der Waals surface area (Å²) in [5.41, 5.74) is 2.83. The van der Waals surface area contributed by atoms with Crippen LogP contribution in [-0.2, 0) is 11.2 Å². The lowest BCUT2D eigenvalue weighted by Gasteiger charge is -2.10. The van der Waals surface area contributed by atoms with Gasteiger partial charge in [0, 0.05) is 16.7 Å². The molecular weight excluding hydrogens is 370 g/mol. The molecule has 0 spiro atoms. The van der Waals surface area contributed by atoms with E-state index in [1.54, 1.807) is 0 Å². The third-order valence-corrected chi connectivity index (χ3v) is 3.91. The molecule has 0 aliphatic carbocycles. The van der Waals surface area contributed by atoms with Crippen molar-refractivity contribution in [2.75, 3.05) is 18.4 Å². The second-order valence-corrected chi connectivity index (χ2v) is 6.27. The Bertz CT molecular complexity index is 705. The molecule has 3 amide bonds. The van der Waals surface area contributed by atoms with Crippen LogP contribution in [-0.4, -0.2) is 25.0 Å². The lowest BCUT2D eigenvalue weighted by molar-refractivity contribution is -0.115. The van der Waals surface area contributed by atoms with E-state index in [-0.39, 0.29) is 18.5 Å². The van der Waals surface area contributed by atoms with E-state index >= 15 is 0 Å². The number of rotatable bonds is 6. The molecule has 0 fully saturated rings. The Kier molecular flexibility index (Phi) is 6.81. The van der Waals surface area contributed by atoms with E-state index in [0.717, 1.165) is 27.7 Å². The number of hydrogen-bond acceptors (Lipinski definition) is 2. The minimum atomic E-state index is -0.353. The third kappa shape index (κ3) is 6.04. The first-order valence-corrected chi connectivity index (χ1v) is 8.45. The first kappa shape index (κ1) is 18.0. The smallest absolute Gasteiger partial charge is 0.315 e. The van der Waals surface area contributed by atoms with Crippen LogP contribution >= 0.6 is 15.9 Å². The van der Waals surface area contributed by atoms with Crippen LogP contribution in [0.3, 0.4) is 0 Å². The average molecular weight is 390 g/mol. The number of amides is 3. The summed E-state index contributed by atoms with van der Waals surface area (Å²) in [6.45, 7) is 2.35. The number of aryl methyl sites for hydroxylation is 1. The standard InChI is InChI=1S/C18H20BrN3O2/c1-13-11-15(19)7-8-16(13)22-17(23)12-21-18(24)20-10-9-14-5-3-2-4-6-14/h2-8,11H,9-10,12H2,1H3,(H,22,23)(H2,20,21,24). The van der Waals surface area contributed by atoms with E-state index in [1.807, 2.05) is 55.5 Å². The second-order valence-electron chi connectivity index (χ2n) is 5.35. The van der Waals surface area contributed by atoms with Crippen LogP contribution in [0, 0.1) is 6.92 Å². The van der Waals surface area contributed by atoms with Crippen molar-refractivity contribution in [2.45, 2.75) is 13.3 Å². The molecule has 0 heterocycles. The SMILES string of the molecule is Cc1cc(Br)ccc1NC(=O)CNC(=O)NCCc1ccccc1. The molecular formula is C18H20BrN3O2. The maximum absolute atomic E-state index is 11.9. The number of anilines is 1. The lowest BCUT2D eigenvalue weighted by Crippen LogP contribution is -2.40. The van der Waals surface area contributed by atoms with Crippen molar-refractivity contribution in [3.63, 3.8) is 0 Å². The molecule has 0 bridgehead atoms. The predicted octanol–water partition coefficient (Wildman–Crippen LogP) is 3.24. The van der Waals surface area contributed by atoms with Crippen LogP contribution < -0.4 is 16.0 Å². The van der Waals surface area contributed by atoms with Crippen molar-refractivity contribution in [2.24, 2.45) is 0 Å². The molecule has 0 saturated heterocycles. The summed E-state index contributed by atoms with van der Waals surface area (Å²) in [7, 11) is 0. The molecule has 0 aliphatic rings. The molecule has 0 radical (unpaired) electrons. The molecule has 0 aliphatic heterocycles. The van der Waals surface area contributed by atoms with Gasteiger partial charge in [-0.05, 0) is 42.7 Å². The number of carbonyl (C=O) groups is 2. The average Bonchev–Trinajstić information content (AvgIpc) is 2.56. The van der Waals surface area contributed by atoms with Crippen LogP contribution in [0.1, 0.15) is 11.1 Å². The normalized spacial score (nSPS) is 10.1. The minimum Gasteiger partial charge on any atom is -0.338 e. The van der Waals surface area contributed by atoms with Crippen molar-refractivity contribution in [3.8, 4) is 0 Å². The van der Waals surface area contributed by atoms with Gasteiger partial charge in [-0.15, -0.1) is 0 Å².